The van der Waals surface area contributed by atoms with Crippen LogP contribution in [0.15, 0.2) is 66.2 Å². The van der Waals surface area contributed by atoms with Crippen molar-refractivity contribution >= 4 is 16.7 Å². The highest BCUT2D eigenvalue weighted by Crippen LogP contribution is 2.34. The summed E-state index contributed by atoms with van der Waals surface area (Å²) in [7, 11) is 0. The molecule has 1 aromatic heterocycles. The molecule has 2 heterocycles. The summed E-state index contributed by atoms with van der Waals surface area (Å²) in [5.41, 5.74) is 5.44. The second kappa shape index (κ2) is 6.82. The van der Waals surface area contributed by atoms with Crippen molar-refractivity contribution < 1.29 is 4.79 Å². The van der Waals surface area contributed by atoms with Gasteiger partial charge in [0.1, 0.15) is 0 Å². The molecular weight excluding hydrogens is 332 g/mol. The Kier molecular flexibility index (Phi) is 4.17. The van der Waals surface area contributed by atoms with Gasteiger partial charge in [-0.25, -0.2) is 0 Å². The van der Waals surface area contributed by atoms with E-state index in [2.05, 4.69) is 46.3 Å². The Morgan fingerprint density at radius 1 is 1.00 bits per heavy atom. The van der Waals surface area contributed by atoms with E-state index in [0.29, 0.717) is 5.92 Å². The molecule has 3 heteroatoms. The highest BCUT2D eigenvalue weighted by Gasteiger charge is 2.30. The summed E-state index contributed by atoms with van der Waals surface area (Å²) in [4.78, 5) is 18.9. The molecule has 2 aliphatic rings. The molecule has 0 bridgehead atoms. The lowest BCUT2D eigenvalue weighted by Gasteiger charge is -2.30. The molecule has 1 aliphatic carbocycles. The molecule has 0 spiro atoms. The van der Waals surface area contributed by atoms with E-state index < -0.39 is 0 Å². The molecule has 0 radical (unpaired) electrons. The number of hydrogen-bond donors (Lipinski definition) is 1. The zero-order chi connectivity index (χ0) is 18.2. The third-order valence-corrected chi connectivity index (χ3v) is 5.99. The van der Waals surface area contributed by atoms with E-state index in [1.54, 1.807) is 0 Å². The average Bonchev–Trinajstić information content (AvgIpc) is 3.21. The summed E-state index contributed by atoms with van der Waals surface area (Å²) >= 11 is 0. The Morgan fingerprint density at radius 3 is 2.56 bits per heavy atom. The molecule has 0 atom stereocenters. The molecular formula is C24H24N2O. The average molecular weight is 356 g/mol. The maximum absolute atomic E-state index is 13.0. The van der Waals surface area contributed by atoms with Crippen LogP contribution in [0.4, 0.5) is 0 Å². The topological polar surface area (TPSA) is 36.1 Å². The second-order valence-electron chi connectivity index (χ2n) is 7.82. The van der Waals surface area contributed by atoms with E-state index in [9.17, 15) is 4.79 Å². The molecule has 3 aromatic rings. The minimum Gasteiger partial charge on any atom is -0.357 e. The molecule has 136 valence electrons. The highest BCUT2D eigenvalue weighted by molar-refractivity contribution is 6.20. The van der Waals surface area contributed by atoms with Crippen molar-refractivity contribution in [2.75, 3.05) is 13.1 Å². The Hall–Kier alpha value is -2.65. The summed E-state index contributed by atoms with van der Waals surface area (Å²) in [6, 6.07) is 18.8. The molecule has 0 unspecified atom stereocenters. The van der Waals surface area contributed by atoms with E-state index >= 15 is 0 Å². The number of likely N-dealkylation sites (tertiary alicyclic amines) is 1. The van der Waals surface area contributed by atoms with Crippen LogP contribution in [0.25, 0.3) is 10.9 Å². The molecule has 27 heavy (non-hydrogen) atoms. The summed E-state index contributed by atoms with van der Waals surface area (Å²) in [6.07, 6.45) is 5.30. The number of aromatic amines is 1. The Bertz CT molecular complexity index is 1010. The predicted molar refractivity (Wildman–Crippen MR) is 109 cm³/mol. The van der Waals surface area contributed by atoms with Gasteiger partial charge in [-0.1, -0.05) is 54.6 Å². The van der Waals surface area contributed by atoms with E-state index in [1.165, 1.54) is 5.56 Å². The molecule has 1 saturated heterocycles. The number of allylic oxidation sites excluding steroid dienone is 2. The van der Waals surface area contributed by atoms with Crippen molar-refractivity contribution in [1.29, 1.82) is 0 Å². The maximum Gasteiger partial charge on any atom is 0.191 e. The third-order valence-electron chi connectivity index (χ3n) is 5.99. The number of nitrogens with zero attached hydrogens (tertiary/aromatic N) is 1. The number of benzene rings is 2. The fourth-order valence-electron chi connectivity index (χ4n) is 4.56. The Labute approximate surface area is 159 Å². The second-order valence-corrected chi connectivity index (χ2v) is 7.82. The van der Waals surface area contributed by atoms with Crippen LogP contribution in [-0.2, 0) is 13.0 Å². The van der Waals surface area contributed by atoms with Gasteiger partial charge < -0.3 is 4.98 Å². The van der Waals surface area contributed by atoms with E-state index in [1.807, 2.05) is 24.3 Å². The molecule has 2 aromatic carbocycles. The third kappa shape index (κ3) is 3.13. The molecule has 0 saturated carbocycles. The van der Waals surface area contributed by atoms with Gasteiger partial charge in [0.2, 0.25) is 0 Å². The highest BCUT2D eigenvalue weighted by atomic mass is 16.1. The SMILES string of the molecule is O=C1C(=CC2CCN(Cc3ccccc3)CC2)Cc2[nH]c3ccccc3c21. The number of H-pyrrole nitrogens is 1. The Balaban J connectivity index is 1.26. The quantitative estimate of drug-likeness (QED) is 0.688. The van der Waals surface area contributed by atoms with Crippen LogP contribution in [0, 0.1) is 5.92 Å². The normalized spacial score (nSPS) is 19.9. The first-order valence-electron chi connectivity index (χ1n) is 9.89. The van der Waals surface area contributed by atoms with Gasteiger partial charge in [0, 0.05) is 35.1 Å². The van der Waals surface area contributed by atoms with Crippen LogP contribution in [0.3, 0.4) is 0 Å². The lowest BCUT2D eigenvalue weighted by Crippen LogP contribution is -2.32. The molecule has 0 amide bonds. The van der Waals surface area contributed by atoms with E-state index in [4.69, 9.17) is 0 Å². The first kappa shape index (κ1) is 16.5. The molecule has 1 aliphatic heterocycles. The fraction of sp³-hybridized carbons (Fsp3) is 0.292. The monoisotopic (exact) mass is 356 g/mol. The minimum absolute atomic E-state index is 0.231. The number of rotatable bonds is 3. The van der Waals surface area contributed by atoms with Crippen molar-refractivity contribution in [3.05, 3.63) is 83.1 Å². The first-order chi connectivity index (χ1) is 13.3. The molecule has 5 rings (SSSR count). The van der Waals surface area contributed by atoms with Gasteiger partial charge in [-0.2, -0.15) is 0 Å². The van der Waals surface area contributed by atoms with E-state index in [0.717, 1.165) is 66.6 Å². The van der Waals surface area contributed by atoms with Crippen LogP contribution in [0.5, 0.6) is 0 Å². The van der Waals surface area contributed by atoms with Crippen LogP contribution in [0.2, 0.25) is 0 Å². The fourth-order valence-corrected chi connectivity index (χ4v) is 4.56. The van der Waals surface area contributed by atoms with Crippen molar-refractivity contribution in [2.24, 2.45) is 5.92 Å². The molecule has 1 fully saturated rings. The number of nitrogens with one attached hydrogen (secondary N) is 1. The number of Topliss-reactive ketones (excluding diaryl/α,β-unsaturated/α-hetero) is 1. The summed E-state index contributed by atoms with van der Waals surface area (Å²) in [5.74, 6) is 0.750. The van der Waals surface area contributed by atoms with Gasteiger partial charge in [0.05, 0.1) is 5.56 Å². The standard InChI is InChI=1S/C24H24N2O/c27-24-19(15-22-23(24)20-8-4-5-9-21(20)25-22)14-17-10-12-26(13-11-17)16-18-6-2-1-3-7-18/h1-9,14,17,25H,10-13,15-16H2. The number of aromatic nitrogens is 1. The Morgan fingerprint density at radius 2 is 1.74 bits per heavy atom. The van der Waals surface area contributed by atoms with Gasteiger partial charge in [-0.3, -0.25) is 9.69 Å². The van der Waals surface area contributed by atoms with Crippen LogP contribution in [-0.4, -0.2) is 28.8 Å². The maximum atomic E-state index is 13.0. The lowest BCUT2D eigenvalue weighted by atomic mass is 9.93. The van der Waals surface area contributed by atoms with Gasteiger partial charge >= 0.3 is 0 Å². The lowest BCUT2D eigenvalue weighted by molar-refractivity contribution is 0.103. The van der Waals surface area contributed by atoms with Crippen LogP contribution < -0.4 is 0 Å². The number of carbonyl (C=O) groups is 1. The van der Waals surface area contributed by atoms with Crippen LogP contribution >= 0.6 is 0 Å². The van der Waals surface area contributed by atoms with E-state index in [-0.39, 0.29) is 5.78 Å². The molecule has 1 N–H and O–H groups in total. The van der Waals surface area contributed by atoms with Gasteiger partial charge in [0.15, 0.2) is 5.78 Å². The minimum atomic E-state index is 0.231. The zero-order valence-electron chi connectivity index (χ0n) is 15.4. The van der Waals surface area contributed by atoms with Crippen molar-refractivity contribution in [2.45, 2.75) is 25.8 Å². The summed E-state index contributed by atoms with van der Waals surface area (Å²) < 4.78 is 0. The summed E-state index contributed by atoms with van der Waals surface area (Å²) in [6.45, 7) is 3.23. The number of carbonyl (C=O) groups excluding carboxylic acids is 1. The number of ketones is 1. The molecule has 3 nitrogen and oxygen atoms in total. The number of fused-ring (bicyclic) bond motifs is 3. The van der Waals surface area contributed by atoms with Crippen LogP contribution in [0.1, 0.15) is 34.5 Å². The number of hydrogen-bond acceptors (Lipinski definition) is 2. The number of piperidine rings is 1. The van der Waals surface area contributed by atoms with Crippen molar-refractivity contribution in [3.8, 4) is 0 Å². The largest absolute Gasteiger partial charge is 0.357 e. The zero-order valence-corrected chi connectivity index (χ0v) is 15.4. The smallest absolute Gasteiger partial charge is 0.191 e. The predicted octanol–water partition coefficient (Wildman–Crippen LogP) is 4.75. The number of para-hydroxylation sites is 1. The summed E-state index contributed by atoms with van der Waals surface area (Å²) in [5, 5.41) is 1.07. The van der Waals surface area contributed by atoms with Gasteiger partial charge in [-0.05, 0) is 43.5 Å². The first-order valence-corrected chi connectivity index (χ1v) is 9.89. The van der Waals surface area contributed by atoms with Gasteiger partial charge in [0.25, 0.3) is 0 Å². The van der Waals surface area contributed by atoms with Crippen molar-refractivity contribution in [1.82, 2.24) is 9.88 Å². The van der Waals surface area contributed by atoms with Crippen molar-refractivity contribution in [3.63, 3.8) is 0 Å². The van der Waals surface area contributed by atoms with Gasteiger partial charge in [-0.15, -0.1) is 0 Å².